The number of carbonyl (C=O) groups excluding carboxylic acids is 1. The van der Waals surface area contributed by atoms with E-state index < -0.39 is 0 Å². The number of Topliss-reactive ketones (excluding diaryl/α,β-unsaturated/α-hetero) is 1. The molecule has 2 aliphatic rings. The molecule has 0 bridgehead atoms. The molecular formula is C14H15FO2. The summed E-state index contributed by atoms with van der Waals surface area (Å²) in [7, 11) is 0. The van der Waals surface area contributed by atoms with Crippen LogP contribution in [0.5, 0.6) is 5.75 Å². The zero-order chi connectivity index (χ0) is 11.8. The van der Waals surface area contributed by atoms with Crippen molar-refractivity contribution in [3.63, 3.8) is 0 Å². The molecular weight excluding hydrogens is 219 g/mol. The molecule has 3 rings (SSSR count). The Labute approximate surface area is 99.8 Å². The van der Waals surface area contributed by atoms with Crippen molar-refractivity contribution in [3.8, 4) is 5.75 Å². The topological polar surface area (TPSA) is 26.3 Å². The average Bonchev–Trinajstić information content (AvgIpc) is 3.13. The van der Waals surface area contributed by atoms with Gasteiger partial charge in [0.15, 0.2) is 5.78 Å². The minimum Gasteiger partial charge on any atom is -0.493 e. The highest BCUT2D eigenvalue weighted by Crippen LogP contribution is 2.38. The molecule has 0 spiro atoms. The Hall–Kier alpha value is -1.38. The molecule has 1 aliphatic heterocycles. The molecule has 1 aromatic carbocycles. The summed E-state index contributed by atoms with van der Waals surface area (Å²) in [4.78, 5) is 12.1. The Morgan fingerprint density at radius 2 is 2.12 bits per heavy atom. The van der Waals surface area contributed by atoms with Crippen molar-refractivity contribution in [2.24, 2.45) is 5.92 Å². The van der Waals surface area contributed by atoms with E-state index in [1.165, 1.54) is 12.1 Å². The lowest BCUT2D eigenvalue weighted by molar-refractivity contribution is 0.0963. The number of hydrogen-bond donors (Lipinski definition) is 0. The van der Waals surface area contributed by atoms with Crippen LogP contribution in [0.15, 0.2) is 12.1 Å². The average molecular weight is 234 g/mol. The van der Waals surface area contributed by atoms with Crippen molar-refractivity contribution in [3.05, 3.63) is 29.1 Å². The second kappa shape index (κ2) is 4.13. The molecule has 90 valence electrons. The SMILES string of the molecule is O=C(c1cc(F)cc2c1OCCCC2)C1CC1. The fourth-order valence-corrected chi connectivity index (χ4v) is 2.35. The van der Waals surface area contributed by atoms with Crippen LogP contribution < -0.4 is 4.74 Å². The van der Waals surface area contributed by atoms with Crippen LogP contribution in [-0.4, -0.2) is 12.4 Å². The fourth-order valence-electron chi connectivity index (χ4n) is 2.35. The number of halogens is 1. The van der Waals surface area contributed by atoms with E-state index in [0.29, 0.717) is 17.9 Å². The van der Waals surface area contributed by atoms with Gasteiger partial charge in [0.05, 0.1) is 12.2 Å². The van der Waals surface area contributed by atoms with Crippen LogP contribution in [0.1, 0.15) is 41.6 Å². The van der Waals surface area contributed by atoms with Crippen molar-refractivity contribution in [1.29, 1.82) is 0 Å². The van der Waals surface area contributed by atoms with E-state index in [2.05, 4.69) is 0 Å². The zero-order valence-electron chi connectivity index (χ0n) is 9.67. The minimum absolute atomic E-state index is 0.0580. The van der Waals surface area contributed by atoms with E-state index in [9.17, 15) is 9.18 Å². The minimum atomic E-state index is -0.321. The van der Waals surface area contributed by atoms with Gasteiger partial charge >= 0.3 is 0 Å². The molecule has 0 saturated heterocycles. The molecule has 1 fully saturated rings. The second-order valence-corrected chi connectivity index (χ2v) is 4.89. The van der Waals surface area contributed by atoms with Gasteiger partial charge in [0.25, 0.3) is 0 Å². The molecule has 0 atom stereocenters. The maximum atomic E-state index is 13.5. The van der Waals surface area contributed by atoms with Crippen LogP contribution in [0.2, 0.25) is 0 Å². The number of ketones is 1. The summed E-state index contributed by atoms with van der Waals surface area (Å²) in [5, 5.41) is 0. The van der Waals surface area contributed by atoms with Crippen LogP contribution >= 0.6 is 0 Å². The lowest BCUT2D eigenvalue weighted by Crippen LogP contribution is -2.08. The third-order valence-electron chi connectivity index (χ3n) is 3.43. The number of hydrogen-bond acceptors (Lipinski definition) is 2. The molecule has 1 aliphatic carbocycles. The summed E-state index contributed by atoms with van der Waals surface area (Å²) in [6.07, 6.45) is 4.63. The van der Waals surface area contributed by atoms with Crippen molar-refractivity contribution >= 4 is 5.78 Å². The van der Waals surface area contributed by atoms with Gasteiger partial charge in [0, 0.05) is 5.92 Å². The third kappa shape index (κ3) is 2.06. The Morgan fingerprint density at radius 1 is 1.29 bits per heavy atom. The van der Waals surface area contributed by atoms with Gasteiger partial charge in [0.2, 0.25) is 0 Å². The van der Waals surface area contributed by atoms with Crippen molar-refractivity contribution in [2.45, 2.75) is 32.1 Å². The molecule has 1 aromatic rings. The van der Waals surface area contributed by atoms with Crippen molar-refractivity contribution < 1.29 is 13.9 Å². The summed E-state index contributed by atoms with van der Waals surface area (Å²) < 4.78 is 19.2. The highest BCUT2D eigenvalue weighted by Gasteiger charge is 2.33. The van der Waals surface area contributed by atoms with Gasteiger partial charge in [-0.1, -0.05) is 0 Å². The largest absolute Gasteiger partial charge is 0.493 e. The van der Waals surface area contributed by atoms with Crippen molar-refractivity contribution in [1.82, 2.24) is 0 Å². The van der Waals surface area contributed by atoms with E-state index >= 15 is 0 Å². The zero-order valence-corrected chi connectivity index (χ0v) is 9.67. The van der Waals surface area contributed by atoms with E-state index in [0.717, 1.165) is 37.7 Å². The van der Waals surface area contributed by atoms with Gasteiger partial charge in [-0.25, -0.2) is 4.39 Å². The number of aryl methyl sites for hydroxylation is 1. The van der Waals surface area contributed by atoms with E-state index in [1.54, 1.807) is 0 Å². The summed E-state index contributed by atoms with van der Waals surface area (Å²) in [5.41, 5.74) is 1.32. The highest BCUT2D eigenvalue weighted by atomic mass is 19.1. The Morgan fingerprint density at radius 3 is 2.88 bits per heavy atom. The summed E-state index contributed by atoms with van der Waals surface area (Å²) in [5.74, 6) is 0.481. The molecule has 0 amide bonds. The van der Waals surface area contributed by atoms with Gasteiger partial charge in [0.1, 0.15) is 11.6 Å². The normalized spacial score (nSPS) is 19.1. The number of ether oxygens (including phenoxy) is 1. The van der Waals surface area contributed by atoms with E-state index in [-0.39, 0.29) is 17.5 Å². The van der Waals surface area contributed by atoms with Gasteiger partial charge in [-0.3, -0.25) is 4.79 Å². The first-order chi connectivity index (χ1) is 8.25. The molecule has 1 saturated carbocycles. The van der Waals surface area contributed by atoms with Gasteiger partial charge in [-0.2, -0.15) is 0 Å². The van der Waals surface area contributed by atoms with E-state index in [4.69, 9.17) is 4.74 Å². The number of fused-ring (bicyclic) bond motifs is 1. The quantitative estimate of drug-likeness (QED) is 0.735. The molecule has 2 nitrogen and oxygen atoms in total. The van der Waals surface area contributed by atoms with E-state index in [1.807, 2.05) is 0 Å². The first kappa shape index (κ1) is 10.8. The Bertz CT molecular complexity index is 464. The molecule has 0 N–H and O–H groups in total. The Kier molecular flexibility index (Phi) is 2.61. The summed E-state index contributed by atoms with van der Waals surface area (Å²) >= 11 is 0. The monoisotopic (exact) mass is 234 g/mol. The Balaban J connectivity index is 2.06. The lowest BCUT2D eigenvalue weighted by atomic mass is 9.99. The number of benzene rings is 1. The molecule has 0 unspecified atom stereocenters. The summed E-state index contributed by atoms with van der Waals surface area (Å²) in [6, 6.07) is 2.84. The standard InChI is InChI=1S/C14H15FO2/c15-11-7-10-3-1-2-6-17-14(10)12(8-11)13(16)9-4-5-9/h7-9H,1-6H2. The summed E-state index contributed by atoms with van der Waals surface area (Å²) in [6.45, 7) is 0.629. The second-order valence-electron chi connectivity index (χ2n) is 4.89. The molecule has 3 heteroatoms. The van der Waals surface area contributed by atoms with Gasteiger partial charge < -0.3 is 4.74 Å². The predicted octanol–water partition coefficient (Wildman–Crippen LogP) is 3.13. The first-order valence-corrected chi connectivity index (χ1v) is 6.25. The number of carbonyl (C=O) groups is 1. The molecule has 0 radical (unpaired) electrons. The van der Waals surface area contributed by atoms with Crippen LogP contribution in [0, 0.1) is 11.7 Å². The number of rotatable bonds is 2. The molecule has 1 heterocycles. The smallest absolute Gasteiger partial charge is 0.169 e. The third-order valence-corrected chi connectivity index (χ3v) is 3.43. The lowest BCUT2D eigenvalue weighted by Gasteiger charge is -2.12. The van der Waals surface area contributed by atoms with Crippen LogP contribution in [0.3, 0.4) is 0 Å². The molecule has 0 aromatic heterocycles. The maximum Gasteiger partial charge on any atom is 0.169 e. The van der Waals surface area contributed by atoms with Crippen LogP contribution in [0.25, 0.3) is 0 Å². The predicted molar refractivity (Wildman–Crippen MR) is 61.9 cm³/mol. The van der Waals surface area contributed by atoms with Crippen molar-refractivity contribution in [2.75, 3.05) is 6.61 Å². The van der Waals surface area contributed by atoms with Gasteiger partial charge in [-0.05, 0) is 49.8 Å². The van der Waals surface area contributed by atoms with Crippen LogP contribution in [0.4, 0.5) is 4.39 Å². The fraction of sp³-hybridized carbons (Fsp3) is 0.500. The molecule has 17 heavy (non-hydrogen) atoms. The first-order valence-electron chi connectivity index (χ1n) is 6.25. The maximum absolute atomic E-state index is 13.5. The van der Waals surface area contributed by atoms with Crippen LogP contribution in [-0.2, 0) is 6.42 Å². The van der Waals surface area contributed by atoms with Gasteiger partial charge in [-0.15, -0.1) is 0 Å². The highest BCUT2D eigenvalue weighted by molar-refractivity contribution is 6.02.